The van der Waals surface area contributed by atoms with Crippen LogP contribution in [-0.4, -0.2) is 78.1 Å². The van der Waals surface area contributed by atoms with Gasteiger partial charge in [0.05, 0.1) is 18.8 Å². The van der Waals surface area contributed by atoms with E-state index < -0.39 is 11.2 Å². The Bertz CT molecular complexity index is 768. The number of morpholine rings is 1. The monoisotopic (exact) mass is 330 g/mol. The predicted octanol–water partition coefficient (Wildman–Crippen LogP) is -1.32. The second-order valence-electron chi connectivity index (χ2n) is 5.97. The first kappa shape index (κ1) is 15.1. The van der Waals surface area contributed by atoms with Crippen molar-refractivity contribution < 1.29 is 4.74 Å². The third-order valence-corrected chi connectivity index (χ3v) is 4.71. The summed E-state index contributed by atoms with van der Waals surface area (Å²) in [5.41, 5.74) is 5.26. The molecule has 0 bridgehead atoms. The Morgan fingerprint density at radius 2 is 2.25 bits per heavy atom. The van der Waals surface area contributed by atoms with Gasteiger partial charge in [0.2, 0.25) is 11.6 Å². The molecule has 11 nitrogen and oxygen atoms in total. The number of H-pyrrole nitrogens is 1. The van der Waals surface area contributed by atoms with Gasteiger partial charge in [-0.1, -0.05) is 24.3 Å². The van der Waals surface area contributed by atoms with Crippen molar-refractivity contribution in [3.63, 3.8) is 0 Å². The third kappa shape index (κ3) is 2.02. The summed E-state index contributed by atoms with van der Waals surface area (Å²) in [6.07, 6.45) is 8.54. The molecule has 2 aromatic rings. The number of nitrogens with one attached hydrogen (secondary N) is 1. The lowest BCUT2D eigenvalue weighted by molar-refractivity contribution is -0.137. The highest BCUT2D eigenvalue weighted by molar-refractivity contribution is 5.42. The summed E-state index contributed by atoms with van der Waals surface area (Å²) in [6, 6.07) is 0. The maximum absolute atomic E-state index is 6.83. The molecule has 3 heterocycles. The molecule has 0 aromatic carbocycles. The SMILES string of the molecule is CN1CCOCC1(n1nnnc1-c1nn[nH]n1)C1(N)C=CC=CC1. The average molecular weight is 330 g/mol. The van der Waals surface area contributed by atoms with Crippen LogP contribution in [0.4, 0.5) is 0 Å². The van der Waals surface area contributed by atoms with Gasteiger partial charge in [-0.05, 0) is 29.1 Å². The molecule has 11 heteroatoms. The number of hydrogen-bond acceptors (Lipinski definition) is 9. The summed E-state index contributed by atoms with van der Waals surface area (Å²) in [6.45, 7) is 1.66. The van der Waals surface area contributed by atoms with Gasteiger partial charge in [0.15, 0.2) is 5.66 Å². The van der Waals surface area contributed by atoms with Gasteiger partial charge < -0.3 is 10.5 Å². The van der Waals surface area contributed by atoms with Gasteiger partial charge in [-0.2, -0.15) is 9.90 Å². The molecule has 2 aliphatic rings. The van der Waals surface area contributed by atoms with E-state index in [1.165, 1.54) is 0 Å². The fraction of sp³-hybridized carbons (Fsp3) is 0.538. The summed E-state index contributed by atoms with van der Waals surface area (Å²) in [4.78, 5) is 2.12. The van der Waals surface area contributed by atoms with Crippen molar-refractivity contribution in [2.75, 3.05) is 26.8 Å². The van der Waals surface area contributed by atoms with Crippen LogP contribution in [0.3, 0.4) is 0 Å². The van der Waals surface area contributed by atoms with Crippen LogP contribution in [0.1, 0.15) is 6.42 Å². The lowest BCUT2D eigenvalue weighted by Gasteiger charge is -2.53. The standard InChI is InChI=1S/C13H18N10O/c1-22-7-8-24-9-13(22,12(14)5-3-2-4-6-12)23-11(17-20-21-23)10-15-18-19-16-10/h2-5H,6-9,14H2,1H3,(H,15,16,18,19). The van der Waals surface area contributed by atoms with Crippen LogP contribution in [0.5, 0.6) is 0 Å². The molecule has 1 fully saturated rings. The van der Waals surface area contributed by atoms with Gasteiger partial charge in [-0.3, -0.25) is 4.90 Å². The minimum atomic E-state index is -0.814. The molecule has 3 N–H and O–H groups in total. The smallest absolute Gasteiger partial charge is 0.243 e. The van der Waals surface area contributed by atoms with Crippen molar-refractivity contribution in [1.82, 2.24) is 45.7 Å². The Kier molecular flexibility index (Phi) is 3.48. The molecule has 2 aromatic heterocycles. The fourth-order valence-electron chi connectivity index (χ4n) is 3.39. The summed E-state index contributed by atoms with van der Waals surface area (Å²) >= 11 is 0. The molecule has 4 rings (SSSR count). The van der Waals surface area contributed by atoms with Crippen LogP contribution in [-0.2, 0) is 10.4 Å². The van der Waals surface area contributed by atoms with E-state index in [-0.39, 0.29) is 0 Å². The third-order valence-electron chi connectivity index (χ3n) is 4.71. The van der Waals surface area contributed by atoms with E-state index in [0.29, 0.717) is 37.8 Å². The molecule has 0 amide bonds. The van der Waals surface area contributed by atoms with Gasteiger partial charge >= 0.3 is 0 Å². The number of ether oxygens (including phenoxy) is 1. The molecular formula is C13H18N10O. The zero-order valence-electron chi connectivity index (χ0n) is 13.2. The Labute approximate surface area is 137 Å². The number of aromatic nitrogens is 8. The van der Waals surface area contributed by atoms with Gasteiger partial charge in [-0.25, -0.2) is 0 Å². The van der Waals surface area contributed by atoms with E-state index in [4.69, 9.17) is 10.5 Å². The maximum Gasteiger partial charge on any atom is 0.243 e. The van der Waals surface area contributed by atoms with Crippen molar-refractivity contribution >= 4 is 0 Å². The second-order valence-corrected chi connectivity index (χ2v) is 5.97. The zero-order valence-corrected chi connectivity index (χ0v) is 13.2. The van der Waals surface area contributed by atoms with Crippen LogP contribution in [0, 0.1) is 0 Å². The quantitative estimate of drug-likeness (QED) is 0.702. The molecule has 0 spiro atoms. The molecular weight excluding hydrogens is 312 g/mol. The Hall–Kier alpha value is -2.50. The van der Waals surface area contributed by atoms with Crippen LogP contribution >= 0.6 is 0 Å². The molecule has 1 saturated heterocycles. The minimum absolute atomic E-state index is 0.303. The first-order chi connectivity index (χ1) is 11.7. The number of hydrogen-bond donors (Lipinski definition) is 2. The first-order valence-electron chi connectivity index (χ1n) is 7.62. The molecule has 1 aliphatic heterocycles. The van der Waals surface area contributed by atoms with E-state index >= 15 is 0 Å². The number of allylic oxidation sites excluding steroid dienone is 2. The molecule has 2 unspecified atom stereocenters. The number of nitrogens with zero attached hydrogens (tertiary/aromatic N) is 8. The first-order valence-corrected chi connectivity index (χ1v) is 7.62. The number of rotatable bonds is 3. The Morgan fingerprint density at radius 3 is 2.96 bits per heavy atom. The normalized spacial score (nSPS) is 30.8. The highest BCUT2D eigenvalue weighted by Gasteiger charge is 2.55. The summed E-state index contributed by atoms with van der Waals surface area (Å²) < 4.78 is 7.46. The van der Waals surface area contributed by atoms with Gasteiger partial charge in [0.25, 0.3) is 0 Å². The fourth-order valence-corrected chi connectivity index (χ4v) is 3.39. The zero-order chi connectivity index (χ0) is 16.6. The van der Waals surface area contributed by atoms with E-state index in [2.05, 4.69) is 41.0 Å². The maximum atomic E-state index is 6.83. The number of aromatic amines is 1. The molecule has 0 saturated carbocycles. The largest absolute Gasteiger partial charge is 0.376 e. The molecule has 2 atom stereocenters. The lowest BCUT2D eigenvalue weighted by Crippen LogP contribution is -2.72. The van der Waals surface area contributed by atoms with Gasteiger partial charge in [0.1, 0.15) is 0 Å². The highest BCUT2D eigenvalue weighted by atomic mass is 16.5. The average Bonchev–Trinajstić information content (AvgIpc) is 3.27. The number of likely N-dealkylation sites (N-methyl/N-ethyl adjacent to an activating group) is 1. The van der Waals surface area contributed by atoms with Gasteiger partial charge in [-0.15, -0.1) is 15.3 Å². The van der Waals surface area contributed by atoms with E-state index in [1.54, 1.807) is 4.68 Å². The molecule has 1 aliphatic carbocycles. The van der Waals surface area contributed by atoms with Gasteiger partial charge in [0, 0.05) is 6.54 Å². The highest BCUT2D eigenvalue weighted by Crippen LogP contribution is 2.39. The Balaban J connectivity index is 1.91. The lowest BCUT2D eigenvalue weighted by atomic mass is 9.78. The summed E-state index contributed by atoms with van der Waals surface area (Å²) in [7, 11) is 1.99. The van der Waals surface area contributed by atoms with E-state index in [9.17, 15) is 0 Å². The van der Waals surface area contributed by atoms with Crippen LogP contribution < -0.4 is 5.73 Å². The second kappa shape index (κ2) is 5.54. The molecule has 24 heavy (non-hydrogen) atoms. The molecule has 126 valence electrons. The van der Waals surface area contributed by atoms with E-state index in [0.717, 1.165) is 0 Å². The summed E-state index contributed by atoms with van der Waals surface area (Å²) in [5.74, 6) is 0.686. The number of tetrazole rings is 2. The topological polar surface area (TPSA) is 137 Å². The Morgan fingerprint density at radius 1 is 1.33 bits per heavy atom. The van der Waals surface area contributed by atoms with Crippen LogP contribution in [0.2, 0.25) is 0 Å². The van der Waals surface area contributed by atoms with Crippen molar-refractivity contribution in [2.45, 2.75) is 17.6 Å². The summed E-state index contributed by atoms with van der Waals surface area (Å²) in [5, 5.41) is 26.1. The van der Waals surface area contributed by atoms with E-state index in [1.807, 2.05) is 31.4 Å². The van der Waals surface area contributed by atoms with Crippen LogP contribution in [0.25, 0.3) is 11.6 Å². The van der Waals surface area contributed by atoms with Crippen molar-refractivity contribution in [3.8, 4) is 11.6 Å². The predicted molar refractivity (Wildman–Crippen MR) is 82.2 cm³/mol. The number of nitrogens with two attached hydrogens (primary N) is 1. The molecule has 0 radical (unpaired) electrons. The van der Waals surface area contributed by atoms with Crippen LogP contribution in [0.15, 0.2) is 24.3 Å². The van der Waals surface area contributed by atoms with Crippen molar-refractivity contribution in [1.29, 1.82) is 0 Å². The van der Waals surface area contributed by atoms with Crippen molar-refractivity contribution in [3.05, 3.63) is 24.3 Å². The van der Waals surface area contributed by atoms with Crippen molar-refractivity contribution in [2.24, 2.45) is 5.73 Å². The minimum Gasteiger partial charge on any atom is -0.376 e.